The third-order valence-corrected chi connectivity index (χ3v) is 1.76. The van der Waals surface area contributed by atoms with Gasteiger partial charge in [-0.1, -0.05) is 6.07 Å². The van der Waals surface area contributed by atoms with Crippen molar-refractivity contribution in [1.82, 2.24) is 15.0 Å². The van der Waals surface area contributed by atoms with E-state index in [9.17, 15) is 0 Å². The lowest BCUT2D eigenvalue weighted by molar-refractivity contribution is 0.411. The zero-order valence-electron chi connectivity index (χ0n) is 9.29. The average Bonchev–Trinajstić information content (AvgIpc) is 2.42. The molecular formula is C11H14N4O. The second-order valence-corrected chi connectivity index (χ2v) is 2.66. The van der Waals surface area contributed by atoms with Gasteiger partial charge in [0.1, 0.15) is 5.69 Å². The molecule has 0 aliphatic heterocycles. The average molecular weight is 218 g/mol. The van der Waals surface area contributed by atoms with Crippen LogP contribution in [0.25, 0.3) is 11.5 Å². The number of hydrogen-bond acceptors (Lipinski definition) is 5. The van der Waals surface area contributed by atoms with Crippen molar-refractivity contribution in [3.63, 3.8) is 0 Å². The summed E-state index contributed by atoms with van der Waals surface area (Å²) in [5.74, 6) is 1.25. The minimum atomic E-state index is 0.603. The van der Waals surface area contributed by atoms with E-state index in [1.807, 2.05) is 18.2 Å². The Balaban J connectivity index is 0.000000606. The van der Waals surface area contributed by atoms with E-state index in [4.69, 9.17) is 4.74 Å². The summed E-state index contributed by atoms with van der Waals surface area (Å²) < 4.78 is 4.96. The normalized spacial score (nSPS) is 8.94. The fourth-order valence-corrected chi connectivity index (χ4v) is 1.05. The molecule has 0 saturated carbocycles. The highest BCUT2D eigenvalue weighted by Crippen LogP contribution is 2.12. The van der Waals surface area contributed by atoms with Gasteiger partial charge in [-0.3, -0.25) is 4.98 Å². The third-order valence-electron chi connectivity index (χ3n) is 1.76. The van der Waals surface area contributed by atoms with Gasteiger partial charge in [-0.15, -0.1) is 0 Å². The van der Waals surface area contributed by atoms with Crippen LogP contribution in [-0.2, 0) is 0 Å². The van der Waals surface area contributed by atoms with Gasteiger partial charge < -0.3 is 10.5 Å². The SMILES string of the molecule is CN.COc1cnc(-c2ccccn2)nc1. The molecule has 0 fully saturated rings. The Morgan fingerprint density at radius 2 is 1.75 bits per heavy atom. The van der Waals surface area contributed by atoms with Crippen LogP contribution in [-0.4, -0.2) is 29.1 Å². The number of pyridine rings is 1. The molecule has 16 heavy (non-hydrogen) atoms. The van der Waals surface area contributed by atoms with Gasteiger partial charge in [0.05, 0.1) is 19.5 Å². The van der Waals surface area contributed by atoms with Crippen molar-refractivity contribution in [3.05, 3.63) is 36.8 Å². The van der Waals surface area contributed by atoms with Crippen LogP contribution in [0.4, 0.5) is 0 Å². The van der Waals surface area contributed by atoms with Crippen LogP contribution in [0.15, 0.2) is 36.8 Å². The Morgan fingerprint density at radius 1 is 1.06 bits per heavy atom. The van der Waals surface area contributed by atoms with Gasteiger partial charge in [-0.2, -0.15) is 0 Å². The summed E-state index contributed by atoms with van der Waals surface area (Å²) in [6.07, 6.45) is 4.96. The molecule has 84 valence electrons. The molecule has 0 amide bonds. The van der Waals surface area contributed by atoms with E-state index in [1.54, 1.807) is 25.7 Å². The summed E-state index contributed by atoms with van der Waals surface area (Å²) in [6, 6.07) is 5.62. The maximum Gasteiger partial charge on any atom is 0.178 e. The van der Waals surface area contributed by atoms with E-state index in [0.717, 1.165) is 5.69 Å². The van der Waals surface area contributed by atoms with Crippen LogP contribution >= 0.6 is 0 Å². The van der Waals surface area contributed by atoms with Gasteiger partial charge in [0.2, 0.25) is 0 Å². The Morgan fingerprint density at radius 3 is 2.25 bits per heavy atom. The van der Waals surface area contributed by atoms with Gasteiger partial charge >= 0.3 is 0 Å². The van der Waals surface area contributed by atoms with E-state index >= 15 is 0 Å². The fraction of sp³-hybridized carbons (Fsp3) is 0.182. The maximum atomic E-state index is 4.96. The first-order valence-electron chi connectivity index (χ1n) is 4.75. The molecule has 5 nitrogen and oxygen atoms in total. The molecule has 0 aromatic carbocycles. The maximum absolute atomic E-state index is 4.96. The topological polar surface area (TPSA) is 73.9 Å². The number of methoxy groups -OCH3 is 1. The van der Waals surface area contributed by atoms with Crippen LogP contribution in [0.3, 0.4) is 0 Å². The first kappa shape index (κ1) is 12.1. The minimum Gasteiger partial charge on any atom is -0.494 e. The van der Waals surface area contributed by atoms with Crippen molar-refractivity contribution in [1.29, 1.82) is 0 Å². The molecule has 2 N–H and O–H groups in total. The van der Waals surface area contributed by atoms with Crippen LogP contribution in [0.2, 0.25) is 0 Å². The molecule has 2 rings (SSSR count). The smallest absolute Gasteiger partial charge is 0.178 e. The molecule has 0 aliphatic carbocycles. The number of rotatable bonds is 2. The predicted octanol–water partition coefficient (Wildman–Crippen LogP) is 1.12. The molecular weight excluding hydrogens is 204 g/mol. The van der Waals surface area contributed by atoms with Crippen molar-refractivity contribution in [2.75, 3.05) is 14.2 Å². The highest BCUT2D eigenvalue weighted by Gasteiger charge is 2.00. The molecule has 2 aromatic heterocycles. The number of hydrogen-bond donors (Lipinski definition) is 1. The van der Waals surface area contributed by atoms with Crippen LogP contribution in [0.1, 0.15) is 0 Å². The lowest BCUT2D eigenvalue weighted by Crippen LogP contribution is -1.92. The molecule has 0 saturated heterocycles. The Hall–Kier alpha value is -2.01. The van der Waals surface area contributed by atoms with E-state index in [-0.39, 0.29) is 0 Å². The van der Waals surface area contributed by atoms with Crippen LogP contribution < -0.4 is 10.5 Å². The fourth-order valence-electron chi connectivity index (χ4n) is 1.05. The molecule has 2 heterocycles. The van der Waals surface area contributed by atoms with Gasteiger partial charge in [0, 0.05) is 6.20 Å². The first-order chi connectivity index (χ1) is 7.90. The minimum absolute atomic E-state index is 0.603. The largest absolute Gasteiger partial charge is 0.494 e. The molecule has 0 bridgehead atoms. The number of aromatic nitrogens is 3. The molecule has 5 heteroatoms. The number of nitrogens with two attached hydrogens (primary N) is 1. The van der Waals surface area contributed by atoms with Crippen molar-refractivity contribution in [2.45, 2.75) is 0 Å². The van der Waals surface area contributed by atoms with E-state index in [2.05, 4.69) is 20.7 Å². The summed E-state index contributed by atoms with van der Waals surface area (Å²) >= 11 is 0. The van der Waals surface area contributed by atoms with Crippen LogP contribution in [0.5, 0.6) is 5.75 Å². The van der Waals surface area contributed by atoms with Crippen molar-refractivity contribution in [3.8, 4) is 17.3 Å². The zero-order valence-corrected chi connectivity index (χ0v) is 9.29. The summed E-state index contributed by atoms with van der Waals surface area (Å²) in [5.41, 5.74) is 5.26. The van der Waals surface area contributed by atoms with Crippen LogP contribution in [0, 0.1) is 0 Å². The quantitative estimate of drug-likeness (QED) is 0.817. The lowest BCUT2D eigenvalue weighted by atomic mass is 10.3. The van der Waals surface area contributed by atoms with Crippen molar-refractivity contribution < 1.29 is 4.74 Å². The zero-order chi connectivity index (χ0) is 11.8. The molecule has 2 aromatic rings. The standard InChI is InChI=1S/C10H9N3O.CH5N/c1-14-8-6-12-10(13-7-8)9-4-2-3-5-11-9;1-2/h2-7H,1H3;2H2,1H3. The molecule has 0 unspecified atom stereocenters. The monoisotopic (exact) mass is 218 g/mol. The second kappa shape index (κ2) is 6.47. The van der Waals surface area contributed by atoms with Gasteiger partial charge in [-0.25, -0.2) is 9.97 Å². The number of nitrogens with zero attached hydrogens (tertiary/aromatic N) is 3. The molecule has 0 aliphatic rings. The van der Waals surface area contributed by atoms with E-state index < -0.39 is 0 Å². The van der Waals surface area contributed by atoms with E-state index in [1.165, 1.54) is 7.05 Å². The van der Waals surface area contributed by atoms with Crippen molar-refractivity contribution >= 4 is 0 Å². The predicted molar refractivity (Wildman–Crippen MR) is 61.9 cm³/mol. The molecule has 0 radical (unpaired) electrons. The second-order valence-electron chi connectivity index (χ2n) is 2.66. The van der Waals surface area contributed by atoms with Crippen molar-refractivity contribution in [2.24, 2.45) is 5.73 Å². The highest BCUT2D eigenvalue weighted by atomic mass is 16.5. The first-order valence-corrected chi connectivity index (χ1v) is 4.75. The lowest BCUT2D eigenvalue weighted by Gasteiger charge is -2.00. The van der Waals surface area contributed by atoms with Gasteiger partial charge in [0.15, 0.2) is 11.6 Å². The molecule has 0 spiro atoms. The number of ether oxygens (including phenoxy) is 1. The van der Waals surface area contributed by atoms with Gasteiger partial charge in [-0.05, 0) is 19.2 Å². The van der Waals surface area contributed by atoms with E-state index in [0.29, 0.717) is 11.6 Å². The van der Waals surface area contributed by atoms with Gasteiger partial charge in [0.25, 0.3) is 0 Å². The molecule has 0 atom stereocenters. The Bertz CT molecular complexity index is 402. The Kier molecular flexibility index (Phi) is 4.88. The summed E-state index contributed by atoms with van der Waals surface area (Å²) in [4.78, 5) is 12.4. The summed E-state index contributed by atoms with van der Waals surface area (Å²) in [7, 11) is 3.08. The Labute approximate surface area is 94.3 Å². The summed E-state index contributed by atoms with van der Waals surface area (Å²) in [6.45, 7) is 0. The highest BCUT2D eigenvalue weighted by molar-refractivity contribution is 5.48. The summed E-state index contributed by atoms with van der Waals surface area (Å²) in [5, 5.41) is 0. The third kappa shape index (κ3) is 2.99.